The van der Waals surface area contributed by atoms with Gasteiger partial charge in [-0.1, -0.05) is 11.6 Å². The molecule has 0 spiro atoms. The zero-order chi connectivity index (χ0) is 13.1. The highest BCUT2D eigenvalue weighted by Gasteiger charge is 2.25. The number of hydrogen-bond acceptors (Lipinski definition) is 4. The van der Waals surface area contributed by atoms with Gasteiger partial charge in [0.1, 0.15) is 16.9 Å². The lowest BCUT2D eigenvalue weighted by atomic mass is 9.96. The summed E-state index contributed by atoms with van der Waals surface area (Å²) in [6.45, 7) is 1.35. The summed E-state index contributed by atoms with van der Waals surface area (Å²) >= 11 is 6.12. The van der Waals surface area contributed by atoms with Gasteiger partial charge in [0.05, 0.1) is 5.56 Å². The number of amides is 1. The van der Waals surface area contributed by atoms with Crippen molar-refractivity contribution in [1.29, 1.82) is 5.26 Å². The molecule has 2 N–H and O–H groups in total. The summed E-state index contributed by atoms with van der Waals surface area (Å²) < 4.78 is 0. The lowest BCUT2D eigenvalue weighted by molar-refractivity contribution is -0.122. The van der Waals surface area contributed by atoms with Crippen molar-refractivity contribution in [2.75, 3.05) is 18.0 Å². The number of aromatic nitrogens is 1. The van der Waals surface area contributed by atoms with Gasteiger partial charge in [-0.25, -0.2) is 4.98 Å². The summed E-state index contributed by atoms with van der Waals surface area (Å²) in [5.74, 6) is 0.289. The number of halogens is 1. The van der Waals surface area contributed by atoms with E-state index in [-0.39, 0.29) is 11.8 Å². The van der Waals surface area contributed by atoms with Crippen LogP contribution in [0, 0.1) is 17.2 Å². The number of nitrogens with two attached hydrogens (primary N) is 1. The number of rotatable bonds is 2. The van der Waals surface area contributed by atoms with Crippen LogP contribution in [0.15, 0.2) is 12.3 Å². The van der Waals surface area contributed by atoms with Crippen LogP contribution in [0.3, 0.4) is 0 Å². The summed E-state index contributed by atoms with van der Waals surface area (Å²) in [6.07, 6.45) is 2.97. The summed E-state index contributed by atoms with van der Waals surface area (Å²) in [7, 11) is 0. The van der Waals surface area contributed by atoms with E-state index in [4.69, 9.17) is 22.6 Å². The van der Waals surface area contributed by atoms with Gasteiger partial charge >= 0.3 is 0 Å². The van der Waals surface area contributed by atoms with Crippen molar-refractivity contribution in [3.8, 4) is 6.07 Å². The molecule has 2 rings (SSSR count). The molecule has 6 heteroatoms. The fourth-order valence-electron chi connectivity index (χ4n) is 2.12. The first-order valence-electron chi connectivity index (χ1n) is 5.72. The molecule has 1 aliphatic rings. The van der Waals surface area contributed by atoms with E-state index in [9.17, 15) is 4.79 Å². The van der Waals surface area contributed by atoms with Crippen molar-refractivity contribution < 1.29 is 4.79 Å². The monoisotopic (exact) mass is 264 g/mol. The molecule has 1 saturated heterocycles. The Balaban J connectivity index is 2.15. The molecular formula is C12H13ClN4O. The first-order valence-corrected chi connectivity index (χ1v) is 6.10. The van der Waals surface area contributed by atoms with Gasteiger partial charge in [-0.3, -0.25) is 4.79 Å². The van der Waals surface area contributed by atoms with Crippen LogP contribution >= 0.6 is 11.6 Å². The van der Waals surface area contributed by atoms with E-state index < -0.39 is 0 Å². The number of carbonyl (C=O) groups is 1. The molecule has 1 aliphatic heterocycles. The number of pyridine rings is 1. The molecule has 1 aromatic heterocycles. The maximum Gasteiger partial charge on any atom is 0.220 e. The van der Waals surface area contributed by atoms with Gasteiger partial charge in [-0.15, -0.1) is 0 Å². The molecule has 0 aliphatic carbocycles. The molecule has 2 heterocycles. The minimum absolute atomic E-state index is 0.0702. The fourth-order valence-corrected chi connectivity index (χ4v) is 2.39. The molecule has 0 radical (unpaired) electrons. The molecule has 0 saturated carbocycles. The average Bonchev–Trinajstić information content (AvgIpc) is 2.39. The van der Waals surface area contributed by atoms with Crippen LogP contribution < -0.4 is 10.6 Å². The van der Waals surface area contributed by atoms with Crippen LogP contribution in [0.1, 0.15) is 18.4 Å². The fraction of sp³-hybridized carbons (Fsp3) is 0.417. The summed E-state index contributed by atoms with van der Waals surface area (Å²) in [5.41, 5.74) is 5.70. The Morgan fingerprint density at radius 2 is 2.22 bits per heavy atom. The molecule has 1 fully saturated rings. The number of carbonyl (C=O) groups excluding carboxylic acids is 1. The lowest BCUT2D eigenvalue weighted by Crippen LogP contribution is -2.39. The maximum absolute atomic E-state index is 11.1. The van der Waals surface area contributed by atoms with Gasteiger partial charge in [0, 0.05) is 25.2 Å². The Hall–Kier alpha value is -1.80. The van der Waals surface area contributed by atoms with Crippen molar-refractivity contribution in [2.45, 2.75) is 12.8 Å². The van der Waals surface area contributed by atoms with Gasteiger partial charge in [0.25, 0.3) is 0 Å². The first-order chi connectivity index (χ1) is 8.63. The van der Waals surface area contributed by atoms with Crippen molar-refractivity contribution >= 4 is 23.3 Å². The van der Waals surface area contributed by atoms with Crippen LogP contribution in [0.4, 0.5) is 5.82 Å². The van der Waals surface area contributed by atoms with Crippen LogP contribution in [-0.4, -0.2) is 24.0 Å². The number of nitrogens with zero attached hydrogens (tertiary/aromatic N) is 3. The predicted molar refractivity (Wildman–Crippen MR) is 68.1 cm³/mol. The molecule has 18 heavy (non-hydrogen) atoms. The topological polar surface area (TPSA) is 83.0 Å². The van der Waals surface area contributed by atoms with E-state index in [1.165, 1.54) is 0 Å². The van der Waals surface area contributed by atoms with Crippen molar-refractivity contribution in [3.63, 3.8) is 0 Å². The van der Waals surface area contributed by atoms with Crippen molar-refractivity contribution in [2.24, 2.45) is 11.7 Å². The zero-order valence-corrected chi connectivity index (χ0v) is 10.5. The highest BCUT2D eigenvalue weighted by Crippen LogP contribution is 2.29. The highest BCUT2D eigenvalue weighted by molar-refractivity contribution is 6.34. The van der Waals surface area contributed by atoms with E-state index in [1.807, 2.05) is 11.0 Å². The van der Waals surface area contributed by atoms with E-state index >= 15 is 0 Å². The van der Waals surface area contributed by atoms with E-state index in [0.717, 1.165) is 0 Å². The molecule has 5 nitrogen and oxygen atoms in total. The van der Waals surface area contributed by atoms with Crippen LogP contribution in [0.2, 0.25) is 5.02 Å². The Kier molecular flexibility index (Phi) is 3.68. The zero-order valence-electron chi connectivity index (χ0n) is 9.77. The van der Waals surface area contributed by atoms with Gasteiger partial charge < -0.3 is 10.6 Å². The summed E-state index contributed by atoms with van der Waals surface area (Å²) in [4.78, 5) is 17.3. The maximum atomic E-state index is 11.1. The highest BCUT2D eigenvalue weighted by atomic mass is 35.5. The number of nitriles is 1. The predicted octanol–water partition coefficient (Wildman–Crippen LogP) is 1.31. The molecule has 0 unspecified atom stereocenters. The smallest absolute Gasteiger partial charge is 0.220 e. The minimum atomic E-state index is -0.250. The lowest BCUT2D eigenvalue weighted by Gasteiger charge is -2.31. The average molecular weight is 265 g/mol. The minimum Gasteiger partial charge on any atom is -0.369 e. The largest absolute Gasteiger partial charge is 0.369 e. The molecule has 0 bridgehead atoms. The molecule has 0 aromatic carbocycles. The van der Waals surface area contributed by atoms with Crippen LogP contribution in [0.5, 0.6) is 0 Å². The second-order valence-electron chi connectivity index (χ2n) is 4.27. The Bertz CT molecular complexity index is 503. The first kappa shape index (κ1) is 12.7. The normalized spacial score (nSPS) is 16.3. The molecular weight excluding hydrogens is 252 g/mol. The standard InChI is InChI=1S/C12H13ClN4O/c13-10-9(7-14)1-4-16-12(10)17-5-2-8(3-6-17)11(15)18/h1,4,8H,2-3,5-6H2,(H2,15,18). The van der Waals surface area contributed by atoms with Crippen molar-refractivity contribution in [1.82, 2.24) is 4.98 Å². The van der Waals surface area contributed by atoms with Gasteiger partial charge in [-0.2, -0.15) is 5.26 Å². The SMILES string of the molecule is N#Cc1ccnc(N2CCC(C(N)=O)CC2)c1Cl. The van der Waals surface area contributed by atoms with E-state index in [2.05, 4.69) is 4.98 Å². The molecule has 94 valence electrons. The second-order valence-corrected chi connectivity index (χ2v) is 4.65. The van der Waals surface area contributed by atoms with Crippen LogP contribution in [0.25, 0.3) is 0 Å². The Morgan fingerprint density at radius 3 is 2.78 bits per heavy atom. The number of piperidine rings is 1. The van der Waals surface area contributed by atoms with Gasteiger partial charge in [-0.05, 0) is 18.9 Å². The third kappa shape index (κ3) is 2.39. The van der Waals surface area contributed by atoms with Gasteiger partial charge in [0.15, 0.2) is 0 Å². The molecule has 0 atom stereocenters. The summed E-state index contributed by atoms with van der Waals surface area (Å²) in [6, 6.07) is 3.61. The number of primary amides is 1. The number of anilines is 1. The molecule has 1 amide bonds. The Morgan fingerprint density at radius 1 is 1.56 bits per heavy atom. The van der Waals surface area contributed by atoms with Crippen LogP contribution in [-0.2, 0) is 4.79 Å². The summed E-state index contributed by atoms with van der Waals surface area (Å²) in [5, 5.41) is 9.29. The van der Waals surface area contributed by atoms with Crippen molar-refractivity contribution in [3.05, 3.63) is 22.8 Å². The van der Waals surface area contributed by atoms with Gasteiger partial charge in [0.2, 0.25) is 5.91 Å². The number of hydrogen-bond donors (Lipinski definition) is 1. The van der Waals surface area contributed by atoms with E-state index in [0.29, 0.717) is 42.3 Å². The quantitative estimate of drug-likeness (QED) is 0.873. The Labute approximate surface area is 110 Å². The van der Waals surface area contributed by atoms with E-state index in [1.54, 1.807) is 12.3 Å². The second kappa shape index (κ2) is 5.23. The third-order valence-electron chi connectivity index (χ3n) is 3.19. The third-order valence-corrected chi connectivity index (χ3v) is 3.56. The molecule has 1 aromatic rings.